The van der Waals surface area contributed by atoms with Gasteiger partial charge in [-0.1, -0.05) is 12.1 Å². The lowest BCUT2D eigenvalue weighted by molar-refractivity contribution is -0.119. The van der Waals surface area contributed by atoms with Crippen molar-refractivity contribution < 1.29 is 32.6 Å². The lowest BCUT2D eigenvalue weighted by Crippen LogP contribution is -2.21. The van der Waals surface area contributed by atoms with Gasteiger partial charge >= 0.3 is 12.6 Å². The van der Waals surface area contributed by atoms with Gasteiger partial charge in [0, 0.05) is 5.69 Å². The molecule has 0 saturated carbocycles. The van der Waals surface area contributed by atoms with Gasteiger partial charge in [-0.05, 0) is 43.3 Å². The average molecular weight is 365 g/mol. The maximum Gasteiger partial charge on any atom is 0.387 e. The second-order valence-electron chi connectivity index (χ2n) is 4.96. The highest BCUT2D eigenvalue weighted by Crippen LogP contribution is 2.21. The summed E-state index contributed by atoms with van der Waals surface area (Å²) < 4.78 is 39.1. The van der Waals surface area contributed by atoms with Gasteiger partial charge in [0.25, 0.3) is 5.91 Å². The molecule has 0 spiro atoms. The lowest BCUT2D eigenvalue weighted by atomic mass is 10.2. The molecule has 0 saturated heterocycles. The Hall–Kier alpha value is -3.16. The summed E-state index contributed by atoms with van der Waals surface area (Å²) in [6, 6.07) is 12.0. The van der Waals surface area contributed by atoms with Gasteiger partial charge in [-0.3, -0.25) is 4.79 Å². The standard InChI is InChI=1S/C18H17F2NO5/c1-2-24-13-9-7-12(8-10-13)21-16(22)11-25-17(23)14-5-3-4-6-15(14)26-18(19)20/h3-10,18H,2,11H2,1H3,(H,21,22). The van der Waals surface area contributed by atoms with Crippen LogP contribution >= 0.6 is 0 Å². The zero-order chi connectivity index (χ0) is 18.9. The van der Waals surface area contributed by atoms with Crippen LogP contribution in [0.25, 0.3) is 0 Å². The minimum Gasteiger partial charge on any atom is -0.494 e. The van der Waals surface area contributed by atoms with E-state index in [-0.39, 0.29) is 11.3 Å². The van der Waals surface area contributed by atoms with Crippen LogP contribution in [0.15, 0.2) is 48.5 Å². The topological polar surface area (TPSA) is 73.9 Å². The number of alkyl halides is 2. The number of hydrogen-bond acceptors (Lipinski definition) is 5. The summed E-state index contributed by atoms with van der Waals surface area (Å²) in [5.41, 5.74) is 0.303. The molecule has 0 heterocycles. The smallest absolute Gasteiger partial charge is 0.387 e. The number of rotatable bonds is 8. The Labute approximate surface area is 148 Å². The Balaban J connectivity index is 1.90. The van der Waals surface area contributed by atoms with Gasteiger partial charge in [0.05, 0.1) is 6.61 Å². The summed E-state index contributed by atoms with van der Waals surface area (Å²) in [7, 11) is 0. The molecule has 0 aromatic heterocycles. The predicted molar refractivity (Wildman–Crippen MR) is 89.6 cm³/mol. The fourth-order valence-corrected chi connectivity index (χ4v) is 2.04. The molecule has 1 N–H and O–H groups in total. The Morgan fingerprint density at radius 1 is 1.08 bits per heavy atom. The van der Waals surface area contributed by atoms with E-state index in [1.165, 1.54) is 24.3 Å². The third kappa shape index (κ3) is 5.73. The van der Waals surface area contributed by atoms with Crippen molar-refractivity contribution in [2.75, 3.05) is 18.5 Å². The van der Waals surface area contributed by atoms with Gasteiger partial charge < -0.3 is 19.5 Å². The van der Waals surface area contributed by atoms with E-state index in [0.717, 1.165) is 0 Å². The van der Waals surface area contributed by atoms with Crippen molar-refractivity contribution in [2.24, 2.45) is 0 Å². The Kier molecular flexibility index (Phi) is 6.90. The van der Waals surface area contributed by atoms with Crippen molar-refractivity contribution in [1.82, 2.24) is 0 Å². The number of nitrogens with one attached hydrogen (secondary N) is 1. The number of hydrogen-bond donors (Lipinski definition) is 1. The van der Waals surface area contributed by atoms with Gasteiger partial charge in [-0.25, -0.2) is 4.79 Å². The van der Waals surface area contributed by atoms with Crippen molar-refractivity contribution in [3.8, 4) is 11.5 Å². The van der Waals surface area contributed by atoms with Crippen LogP contribution in [-0.2, 0) is 9.53 Å². The van der Waals surface area contributed by atoms with E-state index in [0.29, 0.717) is 18.0 Å². The molecule has 0 aliphatic heterocycles. The maximum absolute atomic E-state index is 12.3. The van der Waals surface area contributed by atoms with Crippen LogP contribution in [0.4, 0.5) is 14.5 Å². The second-order valence-corrected chi connectivity index (χ2v) is 4.96. The van der Waals surface area contributed by atoms with Crippen molar-refractivity contribution in [1.29, 1.82) is 0 Å². The number of halogens is 2. The summed E-state index contributed by atoms with van der Waals surface area (Å²) in [4.78, 5) is 23.8. The zero-order valence-corrected chi connectivity index (χ0v) is 13.9. The molecular formula is C18H17F2NO5. The normalized spacial score (nSPS) is 10.3. The molecule has 1 amide bonds. The lowest BCUT2D eigenvalue weighted by Gasteiger charge is -2.10. The van der Waals surface area contributed by atoms with E-state index < -0.39 is 25.1 Å². The van der Waals surface area contributed by atoms with E-state index in [9.17, 15) is 18.4 Å². The van der Waals surface area contributed by atoms with E-state index in [1.807, 2.05) is 6.92 Å². The number of anilines is 1. The molecule has 0 radical (unpaired) electrons. The van der Waals surface area contributed by atoms with Crippen LogP contribution in [0.1, 0.15) is 17.3 Å². The quantitative estimate of drug-likeness (QED) is 0.725. The molecule has 0 atom stereocenters. The first kappa shape index (κ1) is 19.2. The third-order valence-corrected chi connectivity index (χ3v) is 3.11. The number of benzene rings is 2. The molecule has 0 aliphatic carbocycles. The van der Waals surface area contributed by atoms with E-state index in [4.69, 9.17) is 9.47 Å². The molecule has 2 rings (SSSR count). The monoisotopic (exact) mass is 365 g/mol. The highest BCUT2D eigenvalue weighted by atomic mass is 19.3. The largest absolute Gasteiger partial charge is 0.494 e. The van der Waals surface area contributed by atoms with Crippen LogP contribution in [0, 0.1) is 0 Å². The van der Waals surface area contributed by atoms with Gasteiger partial charge in [-0.2, -0.15) is 8.78 Å². The first-order valence-corrected chi connectivity index (χ1v) is 7.73. The number of amides is 1. The average Bonchev–Trinajstić information content (AvgIpc) is 2.61. The van der Waals surface area contributed by atoms with Gasteiger partial charge in [-0.15, -0.1) is 0 Å². The van der Waals surface area contributed by atoms with Gasteiger partial charge in [0.15, 0.2) is 6.61 Å². The number of carbonyl (C=O) groups excluding carboxylic acids is 2. The molecule has 138 valence electrons. The number of ether oxygens (including phenoxy) is 3. The molecule has 8 heteroatoms. The maximum atomic E-state index is 12.3. The van der Waals surface area contributed by atoms with E-state index in [1.54, 1.807) is 24.3 Å². The molecule has 26 heavy (non-hydrogen) atoms. The van der Waals surface area contributed by atoms with E-state index in [2.05, 4.69) is 10.1 Å². The van der Waals surface area contributed by atoms with Crippen LogP contribution in [0.2, 0.25) is 0 Å². The SMILES string of the molecule is CCOc1ccc(NC(=O)COC(=O)c2ccccc2OC(F)F)cc1. The molecule has 0 aliphatic rings. The molecule has 0 unspecified atom stereocenters. The van der Waals surface area contributed by atoms with Crippen LogP contribution in [0.3, 0.4) is 0 Å². The first-order chi connectivity index (χ1) is 12.5. The first-order valence-electron chi connectivity index (χ1n) is 7.73. The number of esters is 1. The van der Waals surface area contributed by atoms with E-state index >= 15 is 0 Å². The molecule has 6 nitrogen and oxygen atoms in total. The van der Waals surface area contributed by atoms with Crippen molar-refractivity contribution >= 4 is 17.6 Å². The van der Waals surface area contributed by atoms with Gasteiger partial charge in [0.2, 0.25) is 0 Å². The summed E-state index contributed by atoms with van der Waals surface area (Å²) in [6.45, 7) is -1.27. The molecule has 2 aromatic carbocycles. The zero-order valence-electron chi connectivity index (χ0n) is 13.9. The van der Waals surface area contributed by atoms with Crippen molar-refractivity contribution in [2.45, 2.75) is 13.5 Å². The molecule has 0 fully saturated rings. The summed E-state index contributed by atoms with van der Waals surface area (Å²) in [5, 5.41) is 2.54. The van der Waals surface area contributed by atoms with Gasteiger partial charge in [0.1, 0.15) is 17.1 Å². The molecule has 0 bridgehead atoms. The summed E-state index contributed by atoms with van der Waals surface area (Å²) in [5.74, 6) is -1.18. The second kappa shape index (κ2) is 9.36. The molecule has 2 aromatic rings. The fraction of sp³-hybridized carbons (Fsp3) is 0.222. The minimum atomic E-state index is -3.08. The Morgan fingerprint density at radius 2 is 1.77 bits per heavy atom. The third-order valence-electron chi connectivity index (χ3n) is 3.11. The number of para-hydroxylation sites is 1. The molecular weight excluding hydrogens is 348 g/mol. The minimum absolute atomic E-state index is 0.193. The highest BCUT2D eigenvalue weighted by Gasteiger charge is 2.17. The number of carbonyl (C=O) groups is 2. The van der Waals surface area contributed by atoms with Crippen molar-refractivity contribution in [3.63, 3.8) is 0 Å². The Bertz CT molecular complexity index is 750. The van der Waals surface area contributed by atoms with Crippen molar-refractivity contribution in [3.05, 3.63) is 54.1 Å². The van der Waals surface area contributed by atoms with Crippen LogP contribution in [0.5, 0.6) is 11.5 Å². The Morgan fingerprint density at radius 3 is 2.42 bits per heavy atom. The predicted octanol–water partition coefficient (Wildman–Crippen LogP) is 3.48. The summed E-state index contributed by atoms with van der Waals surface area (Å²) in [6.07, 6.45) is 0. The summed E-state index contributed by atoms with van der Waals surface area (Å²) >= 11 is 0. The fourth-order valence-electron chi connectivity index (χ4n) is 2.04. The highest BCUT2D eigenvalue weighted by molar-refractivity contribution is 5.96. The van der Waals surface area contributed by atoms with Crippen LogP contribution < -0.4 is 14.8 Å². The van der Waals surface area contributed by atoms with Crippen LogP contribution in [-0.4, -0.2) is 31.7 Å².